The SMILES string of the molecule is CC12C3CCC1[C@@H](COP2(C)=O)[C@@H](O)C3. The summed E-state index contributed by atoms with van der Waals surface area (Å²) >= 11 is 0. The summed E-state index contributed by atoms with van der Waals surface area (Å²) in [5, 5.41) is 9.87. The number of aliphatic hydroxyl groups excluding tert-OH is 1. The summed E-state index contributed by atoms with van der Waals surface area (Å²) < 4.78 is 18.1. The van der Waals surface area contributed by atoms with E-state index in [1.54, 1.807) is 6.66 Å². The molecule has 2 aliphatic carbocycles. The van der Waals surface area contributed by atoms with Crippen molar-refractivity contribution >= 4 is 7.37 Å². The van der Waals surface area contributed by atoms with E-state index in [2.05, 4.69) is 6.92 Å². The van der Waals surface area contributed by atoms with Crippen LogP contribution in [0.4, 0.5) is 0 Å². The predicted molar refractivity (Wildman–Crippen MR) is 58.2 cm³/mol. The van der Waals surface area contributed by atoms with Gasteiger partial charge in [0.15, 0.2) is 0 Å². The van der Waals surface area contributed by atoms with E-state index >= 15 is 0 Å². The maximum absolute atomic E-state index is 12.6. The van der Waals surface area contributed by atoms with Gasteiger partial charge in [0.25, 0.3) is 0 Å². The Labute approximate surface area is 90.7 Å². The first kappa shape index (κ1) is 10.3. The zero-order chi connectivity index (χ0) is 10.8. The van der Waals surface area contributed by atoms with Crippen molar-refractivity contribution in [3.05, 3.63) is 0 Å². The monoisotopic (exact) mass is 230 g/mol. The standard InChI is InChI=1S/C11H19O3P/c1-11-7-3-4-9(11)8(10(12)5-7)6-14-15(11,2)13/h7-10,12H,3-6H2,1-2H3/t7?,8-,9?,10+,11?,15?/m1/s1. The average Bonchev–Trinajstić information content (AvgIpc) is 2.40. The van der Waals surface area contributed by atoms with Gasteiger partial charge in [0, 0.05) is 12.6 Å². The van der Waals surface area contributed by atoms with E-state index in [0.717, 1.165) is 19.3 Å². The van der Waals surface area contributed by atoms with Crippen molar-refractivity contribution < 1.29 is 14.2 Å². The Bertz CT molecular complexity index is 343. The molecule has 6 atom stereocenters. The molecule has 1 aliphatic heterocycles. The summed E-state index contributed by atoms with van der Waals surface area (Å²) in [7, 11) is -2.48. The van der Waals surface area contributed by atoms with E-state index in [-0.39, 0.29) is 17.2 Å². The third-order valence-electron chi connectivity index (χ3n) is 5.33. The van der Waals surface area contributed by atoms with E-state index in [4.69, 9.17) is 4.52 Å². The van der Waals surface area contributed by atoms with Crippen molar-refractivity contribution in [3.63, 3.8) is 0 Å². The Morgan fingerprint density at radius 1 is 1.47 bits per heavy atom. The van der Waals surface area contributed by atoms with Gasteiger partial charge in [-0.3, -0.25) is 4.57 Å². The van der Waals surface area contributed by atoms with Crippen LogP contribution < -0.4 is 0 Å². The summed E-state index contributed by atoms with van der Waals surface area (Å²) in [6, 6.07) is 0. The lowest BCUT2D eigenvalue weighted by atomic mass is 9.71. The van der Waals surface area contributed by atoms with E-state index < -0.39 is 7.37 Å². The second-order valence-corrected chi connectivity index (χ2v) is 8.63. The van der Waals surface area contributed by atoms with Crippen molar-refractivity contribution in [1.29, 1.82) is 0 Å². The van der Waals surface area contributed by atoms with Gasteiger partial charge in [-0.2, -0.15) is 0 Å². The molecule has 15 heavy (non-hydrogen) atoms. The summed E-state index contributed by atoms with van der Waals surface area (Å²) in [6.45, 7) is 4.43. The molecule has 86 valence electrons. The molecule has 0 amide bonds. The maximum atomic E-state index is 12.6. The van der Waals surface area contributed by atoms with E-state index in [1.807, 2.05) is 0 Å². The van der Waals surface area contributed by atoms with Gasteiger partial charge in [-0.15, -0.1) is 0 Å². The van der Waals surface area contributed by atoms with Crippen molar-refractivity contribution in [1.82, 2.24) is 0 Å². The Morgan fingerprint density at radius 2 is 2.20 bits per heavy atom. The molecule has 0 radical (unpaired) electrons. The molecule has 1 saturated heterocycles. The molecule has 0 aromatic heterocycles. The van der Waals surface area contributed by atoms with Gasteiger partial charge in [-0.1, -0.05) is 0 Å². The van der Waals surface area contributed by atoms with Crippen LogP contribution in [0.2, 0.25) is 0 Å². The van der Waals surface area contributed by atoms with Gasteiger partial charge >= 0.3 is 0 Å². The summed E-state index contributed by atoms with van der Waals surface area (Å²) in [5.74, 6) is 1.07. The third-order valence-corrected chi connectivity index (χ3v) is 8.42. The van der Waals surface area contributed by atoms with Crippen LogP contribution in [-0.4, -0.2) is 29.6 Å². The van der Waals surface area contributed by atoms with Crippen LogP contribution in [0.15, 0.2) is 0 Å². The minimum Gasteiger partial charge on any atom is -0.393 e. The molecule has 4 unspecified atom stereocenters. The van der Waals surface area contributed by atoms with E-state index in [0.29, 0.717) is 18.4 Å². The highest BCUT2D eigenvalue weighted by Gasteiger charge is 2.65. The first-order valence-electron chi connectivity index (χ1n) is 5.87. The van der Waals surface area contributed by atoms with Crippen LogP contribution in [0.25, 0.3) is 0 Å². The number of hydrogen-bond acceptors (Lipinski definition) is 3. The van der Waals surface area contributed by atoms with Gasteiger partial charge in [-0.25, -0.2) is 0 Å². The van der Waals surface area contributed by atoms with Crippen molar-refractivity contribution in [3.8, 4) is 0 Å². The molecule has 0 aromatic rings. The second-order valence-electron chi connectivity index (χ2n) is 5.72. The van der Waals surface area contributed by atoms with Gasteiger partial charge in [0.05, 0.1) is 17.9 Å². The van der Waals surface area contributed by atoms with Crippen LogP contribution in [0.5, 0.6) is 0 Å². The largest absolute Gasteiger partial charge is 0.393 e. The molecule has 3 rings (SSSR count). The molecule has 0 spiro atoms. The summed E-state index contributed by atoms with van der Waals surface area (Å²) in [5.41, 5.74) is 0. The van der Waals surface area contributed by atoms with Gasteiger partial charge in [-0.05, 0) is 38.0 Å². The minimum atomic E-state index is -2.48. The number of aliphatic hydroxyl groups is 1. The maximum Gasteiger partial charge on any atom is 0.206 e. The minimum absolute atomic E-state index is 0.144. The van der Waals surface area contributed by atoms with Crippen molar-refractivity contribution in [2.75, 3.05) is 13.3 Å². The third kappa shape index (κ3) is 1.07. The Balaban J connectivity index is 2.10. The summed E-state index contributed by atoms with van der Waals surface area (Å²) in [6.07, 6.45) is 2.86. The highest BCUT2D eigenvalue weighted by Crippen LogP contribution is 2.73. The van der Waals surface area contributed by atoms with Crippen molar-refractivity contribution in [2.24, 2.45) is 17.8 Å². The zero-order valence-electron chi connectivity index (χ0n) is 9.35. The summed E-state index contributed by atoms with van der Waals surface area (Å²) in [4.78, 5) is 0. The molecule has 1 heterocycles. The first-order valence-corrected chi connectivity index (χ1v) is 7.94. The first-order chi connectivity index (χ1) is 6.97. The highest BCUT2D eigenvalue weighted by atomic mass is 31.2. The second kappa shape index (κ2) is 2.88. The lowest BCUT2D eigenvalue weighted by Gasteiger charge is -2.53. The molecule has 0 aromatic carbocycles. The van der Waals surface area contributed by atoms with Crippen molar-refractivity contribution in [2.45, 2.75) is 37.4 Å². The topological polar surface area (TPSA) is 46.5 Å². The smallest absolute Gasteiger partial charge is 0.206 e. The molecule has 4 bridgehead atoms. The Hall–Kier alpha value is 0.150. The Kier molecular flexibility index (Phi) is 1.98. The molecular weight excluding hydrogens is 211 g/mol. The predicted octanol–water partition coefficient (Wildman–Crippen LogP) is 2.09. The van der Waals surface area contributed by atoms with E-state index in [1.165, 1.54) is 0 Å². The van der Waals surface area contributed by atoms with E-state index in [9.17, 15) is 9.67 Å². The van der Waals surface area contributed by atoms with Gasteiger partial charge in [0.2, 0.25) is 7.37 Å². The van der Waals surface area contributed by atoms with Crippen LogP contribution >= 0.6 is 7.37 Å². The molecule has 1 N–H and O–H groups in total. The van der Waals surface area contributed by atoms with Crippen LogP contribution in [0, 0.1) is 17.8 Å². The van der Waals surface area contributed by atoms with Crippen LogP contribution in [-0.2, 0) is 9.09 Å². The lowest BCUT2D eigenvalue weighted by molar-refractivity contribution is -0.0315. The van der Waals surface area contributed by atoms with Gasteiger partial charge in [0.1, 0.15) is 0 Å². The number of hydrogen-bond donors (Lipinski definition) is 1. The highest BCUT2D eigenvalue weighted by molar-refractivity contribution is 7.60. The van der Waals surface area contributed by atoms with Gasteiger partial charge < -0.3 is 9.63 Å². The zero-order valence-corrected chi connectivity index (χ0v) is 10.2. The molecule has 2 saturated carbocycles. The fraction of sp³-hybridized carbons (Fsp3) is 1.00. The fourth-order valence-electron chi connectivity index (χ4n) is 4.23. The number of rotatable bonds is 0. The normalized spacial score (nSPS) is 63.1. The lowest BCUT2D eigenvalue weighted by Crippen LogP contribution is -2.54. The molecular formula is C11H19O3P. The molecule has 3 fully saturated rings. The fourth-order valence-corrected chi connectivity index (χ4v) is 6.79. The molecule has 3 nitrogen and oxygen atoms in total. The average molecular weight is 230 g/mol. The quantitative estimate of drug-likeness (QED) is 0.648. The Morgan fingerprint density at radius 3 is 2.93 bits per heavy atom. The molecule has 4 heteroatoms. The van der Waals surface area contributed by atoms with Crippen LogP contribution in [0.3, 0.4) is 0 Å². The molecule has 3 aliphatic rings. The van der Waals surface area contributed by atoms with Crippen LogP contribution in [0.1, 0.15) is 26.2 Å².